The smallest absolute Gasteiger partial charge is 0.173 e. The van der Waals surface area contributed by atoms with Gasteiger partial charge in [0.1, 0.15) is 17.3 Å². The zero-order valence-corrected chi connectivity index (χ0v) is 25.4. The molecule has 0 radical (unpaired) electrons. The normalized spacial score (nSPS) is 19.0. The van der Waals surface area contributed by atoms with Crippen molar-refractivity contribution < 1.29 is 14.3 Å². The summed E-state index contributed by atoms with van der Waals surface area (Å²) >= 11 is 0. The van der Waals surface area contributed by atoms with Gasteiger partial charge in [0.15, 0.2) is 5.78 Å². The zero-order valence-electron chi connectivity index (χ0n) is 25.4. The summed E-state index contributed by atoms with van der Waals surface area (Å²) in [6, 6.07) is 45.0. The third kappa shape index (κ3) is 3.81. The van der Waals surface area contributed by atoms with Gasteiger partial charge >= 0.3 is 0 Å². The van der Waals surface area contributed by atoms with Gasteiger partial charge in [0.2, 0.25) is 0 Å². The van der Waals surface area contributed by atoms with Crippen molar-refractivity contribution in [2.45, 2.75) is 6.10 Å². The van der Waals surface area contributed by atoms with Crippen molar-refractivity contribution in [3.05, 3.63) is 151 Å². The van der Waals surface area contributed by atoms with E-state index < -0.39 is 12.0 Å². The van der Waals surface area contributed by atoms with Crippen LogP contribution in [-0.2, 0) is 4.79 Å². The predicted octanol–water partition coefficient (Wildman–Crippen LogP) is 10.5. The van der Waals surface area contributed by atoms with E-state index in [1.165, 1.54) is 5.56 Å². The molecular weight excluding hydrogens is 576 g/mol. The molecule has 2 bridgehead atoms. The summed E-state index contributed by atoms with van der Waals surface area (Å²) in [5, 5.41) is 19.7. The van der Waals surface area contributed by atoms with E-state index in [2.05, 4.69) is 121 Å². The number of furan rings is 1. The first-order valence-electron chi connectivity index (χ1n) is 16.1. The Balaban J connectivity index is 1.15. The third-order valence-electron chi connectivity index (χ3n) is 10.3. The van der Waals surface area contributed by atoms with Gasteiger partial charge in [0.25, 0.3) is 0 Å². The second-order valence-electron chi connectivity index (χ2n) is 12.8. The molecule has 11 rings (SSSR count). The average Bonchev–Trinajstić information content (AvgIpc) is 3.51. The Hall–Kier alpha value is -5.77. The van der Waals surface area contributed by atoms with Gasteiger partial charge in [0.05, 0.1) is 5.92 Å². The Kier molecular flexibility index (Phi) is 5.55. The maximum Gasteiger partial charge on any atom is 0.173 e. The Morgan fingerprint density at radius 1 is 0.553 bits per heavy atom. The minimum absolute atomic E-state index is 0.113. The lowest BCUT2D eigenvalue weighted by molar-refractivity contribution is -0.130. The fourth-order valence-electron chi connectivity index (χ4n) is 8.06. The van der Waals surface area contributed by atoms with Gasteiger partial charge in [-0.25, -0.2) is 0 Å². The lowest BCUT2D eigenvalue weighted by Crippen LogP contribution is -2.40. The Morgan fingerprint density at radius 2 is 1.15 bits per heavy atom. The van der Waals surface area contributed by atoms with Crippen LogP contribution >= 0.6 is 0 Å². The molecule has 0 spiro atoms. The number of carbonyl (C=O) groups is 1. The van der Waals surface area contributed by atoms with Crippen LogP contribution in [0.4, 0.5) is 0 Å². The number of carbonyl (C=O) groups excluding carboxylic acids is 1. The van der Waals surface area contributed by atoms with Gasteiger partial charge in [-0.05, 0) is 78.3 Å². The van der Waals surface area contributed by atoms with Crippen LogP contribution in [0.2, 0.25) is 0 Å². The monoisotopic (exact) mass is 604 g/mol. The number of fused-ring (bicyclic) bond motifs is 7. The molecule has 1 aromatic heterocycles. The minimum Gasteiger partial charge on any atom is -0.455 e. The topological polar surface area (TPSA) is 50.4 Å². The Morgan fingerprint density at radius 3 is 1.85 bits per heavy atom. The highest BCUT2D eigenvalue weighted by atomic mass is 16.3. The van der Waals surface area contributed by atoms with Crippen LogP contribution in [0, 0.1) is 11.8 Å². The van der Waals surface area contributed by atoms with E-state index in [1.54, 1.807) is 0 Å². The molecule has 3 heteroatoms. The van der Waals surface area contributed by atoms with E-state index in [0.717, 1.165) is 82.1 Å². The third-order valence-corrected chi connectivity index (χ3v) is 10.3. The molecule has 3 atom stereocenters. The summed E-state index contributed by atoms with van der Waals surface area (Å²) < 4.78 is 6.35. The summed E-state index contributed by atoms with van der Waals surface area (Å²) in [5.74, 6) is -0.838. The summed E-state index contributed by atoms with van der Waals surface area (Å²) in [6.07, 6.45) is 5.08. The maximum atomic E-state index is 13.1. The first-order valence-corrected chi connectivity index (χ1v) is 16.1. The van der Waals surface area contributed by atoms with E-state index in [-0.39, 0.29) is 11.7 Å². The molecule has 8 aromatic rings. The molecule has 7 aromatic carbocycles. The number of allylic oxidation sites excluding steroid dienone is 2. The van der Waals surface area contributed by atoms with E-state index in [4.69, 9.17) is 4.42 Å². The lowest BCUT2D eigenvalue weighted by atomic mass is 9.70. The summed E-state index contributed by atoms with van der Waals surface area (Å²) in [4.78, 5) is 13.1. The van der Waals surface area contributed by atoms with Crippen molar-refractivity contribution >= 4 is 65.6 Å². The van der Waals surface area contributed by atoms with Gasteiger partial charge in [-0.2, -0.15) is 0 Å². The fraction of sp³-hybridized carbons (Fsp3) is 0.0682. The Bertz CT molecular complexity index is 2630. The molecule has 222 valence electrons. The highest BCUT2D eigenvalue weighted by Gasteiger charge is 2.40. The maximum absolute atomic E-state index is 13.1. The quantitative estimate of drug-likeness (QED) is 0.161. The van der Waals surface area contributed by atoms with Crippen molar-refractivity contribution in [1.29, 1.82) is 0 Å². The first kappa shape index (κ1) is 26.4. The Labute approximate surface area is 270 Å². The number of para-hydroxylation sites is 2. The first-order chi connectivity index (χ1) is 23.1. The average molecular weight is 605 g/mol. The number of ketones is 1. The molecule has 3 nitrogen and oxygen atoms in total. The van der Waals surface area contributed by atoms with Gasteiger partial charge < -0.3 is 9.52 Å². The van der Waals surface area contributed by atoms with Crippen molar-refractivity contribution in [2.24, 2.45) is 11.8 Å². The van der Waals surface area contributed by atoms with Crippen LogP contribution in [-0.4, -0.2) is 17.0 Å². The minimum atomic E-state index is -0.963. The van der Waals surface area contributed by atoms with E-state index in [0.29, 0.717) is 0 Å². The summed E-state index contributed by atoms with van der Waals surface area (Å²) in [5.41, 5.74) is 8.44. The molecular formula is C44H28O3. The van der Waals surface area contributed by atoms with E-state index in [1.807, 2.05) is 24.3 Å². The van der Waals surface area contributed by atoms with Crippen molar-refractivity contribution in [1.82, 2.24) is 0 Å². The number of benzene rings is 7. The van der Waals surface area contributed by atoms with Crippen LogP contribution in [0.3, 0.4) is 0 Å². The molecule has 3 unspecified atom stereocenters. The highest BCUT2D eigenvalue weighted by Crippen LogP contribution is 2.47. The predicted molar refractivity (Wildman–Crippen MR) is 192 cm³/mol. The lowest BCUT2D eigenvalue weighted by Gasteiger charge is -2.34. The number of aliphatic hydroxyl groups excluding tert-OH is 1. The molecule has 0 aliphatic heterocycles. The fourth-order valence-corrected chi connectivity index (χ4v) is 8.06. The molecule has 0 saturated carbocycles. The highest BCUT2D eigenvalue weighted by molar-refractivity contribution is 6.21. The van der Waals surface area contributed by atoms with E-state index >= 15 is 0 Å². The molecule has 47 heavy (non-hydrogen) atoms. The van der Waals surface area contributed by atoms with Crippen LogP contribution in [0.1, 0.15) is 5.56 Å². The number of hydrogen-bond acceptors (Lipinski definition) is 3. The second-order valence-corrected chi connectivity index (χ2v) is 12.8. The van der Waals surface area contributed by atoms with Crippen LogP contribution in [0.25, 0.3) is 82.1 Å². The summed E-state index contributed by atoms with van der Waals surface area (Å²) in [6.45, 7) is 0. The van der Waals surface area contributed by atoms with Gasteiger partial charge in [0, 0.05) is 22.3 Å². The molecule has 0 fully saturated rings. The second kappa shape index (κ2) is 9.86. The van der Waals surface area contributed by atoms with Crippen LogP contribution in [0.15, 0.2) is 150 Å². The van der Waals surface area contributed by atoms with E-state index in [9.17, 15) is 9.90 Å². The molecule has 1 heterocycles. The van der Waals surface area contributed by atoms with Crippen LogP contribution < -0.4 is 0 Å². The van der Waals surface area contributed by atoms with Gasteiger partial charge in [-0.1, -0.05) is 127 Å². The molecule has 0 amide bonds. The number of rotatable bonds is 3. The number of aliphatic hydroxyl groups is 1. The molecule has 3 aliphatic rings. The summed E-state index contributed by atoms with van der Waals surface area (Å²) in [7, 11) is 0. The van der Waals surface area contributed by atoms with Crippen molar-refractivity contribution in [3.8, 4) is 22.3 Å². The van der Waals surface area contributed by atoms with Crippen LogP contribution in [0.5, 0.6) is 0 Å². The van der Waals surface area contributed by atoms with Crippen molar-refractivity contribution in [2.75, 3.05) is 0 Å². The number of hydrogen-bond donors (Lipinski definition) is 1. The van der Waals surface area contributed by atoms with Gasteiger partial charge in [-0.15, -0.1) is 0 Å². The zero-order chi connectivity index (χ0) is 31.2. The molecule has 3 aliphatic carbocycles. The largest absolute Gasteiger partial charge is 0.455 e. The van der Waals surface area contributed by atoms with Gasteiger partial charge in [-0.3, -0.25) is 4.79 Å². The number of Topliss-reactive ketones (excluding diaryl/α,β-unsaturated/α-hetero) is 1. The molecule has 0 saturated heterocycles. The standard InChI is InChI=1S/C44H28O3/c45-42-29-20-21-36(43(42)46)38(24-29)41-34-11-3-1-9-32(34)40(33-10-2-4-12-35(33)41)28-19-17-25-22-27(18-16-26(25)23-28)30-13-7-14-37-31-8-5-6-15-39(31)47-44(30)37/h1-24,29,36,42,45H. The SMILES string of the molecule is O=C1C2C=CC(C=C2c2c3ccccc3c(-c3ccc4cc(-c5cccc6c5oc5ccccc56)ccc4c3)c3ccccc23)C1O. The van der Waals surface area contributed by atoms with Crippen molar-refractivity contribution in [3.63, 3.8) is 0 Å². The molecule has 1 N–H and O–H groups in total.